The molecule has 5 heteroatoms. The van der Waals surface area contributed by atoms with E-state index in [4.69, 9.17) is 0 Å². The first kappa shape index (κ1) is 18.9. The minimum atomic E-state index is -0.658. The summed E-state index contributed by atoms with van der Waals surface area (Å²) in [4.78, 5) is 16.9. The van der Waals surface area contributed by atoms with Gasteiger partial charge in [0, 0.05) is 37.8 Å². The molecular weight excluding hydrogens is 302 g/mol. The molecule has 0 spiro atoms. The van der Waals surface area contributed by atoms with Crippen LogP contribution in [0.15, 0.2) is 24.3 Å². The highest BCUT2D eigenvalue weighted by molar-refractivity contribution is 5.94. The topological polar surface area (TPSA) is 55.8 Å². The van der Waals surface area contributed by atoms with Crippen molar-refractivity contribution in [3.63, 3.8) is 0 Å². The van der Waals surface area contributed by atoms with Crippen LogP contribution in [-0.4, -0.2) is 72.7 Å². The number of amides is 1. The van der Waals surface area contributed by atoms with Gasteiger partial charge in [0.1, 0.15) is 0 Å². The van der Waals surface area contributed by atoms with Crippen molar-refractivity contribution in [1.82, 2.24) is 15.1 Å². The Morgan fingerprint density at radius 1 is 1.25 bits per heavy atom. The molecule has 0 unspecified atom stereocenters. The van der Waals surface area contributed by atoms with Crippen molar-refractivity contribution in [2.45, 2.75) is 38.3 Å². The zero-order chi connectivity index (χ0) is 17.7. The molecule has 1 aromatic carbocycles. The summed E-state index contributed by atoms with van der Waals surface area (Å²) in [7, 11) is 4.23. The van der Waals surface area contributed by atoms with Gasteiger partial charge in [0.05, 0.1) is 5.60 Å². The van der Waals surface area contributed by atoms with Gasteiger partial charge in [-0.2, -0.15) is 0 Å². The molecule has 0 aliphatic carbocycles. The van der Waals surface area contributed by atoms with Crippen LogP contribution < -0.4 is 5.32 Å². The van der Waals surface area contributed by atoms with Crippen LogP contribution in [-0.2, 0) is 6.42 Å². The van der Waals surface area contributed by atoms with Crippen molar-refractivity contribution >= 4 is 5.91 Å². The molecule has 2 N–H and O–H groups in total. The van der Waals surface area contributed by atoms with Gasteiger partial charge in [-0.05, 0) is 58.5 Å². The number of likely N-dealkylation sites (N-methyl/N-ethyl adjacent to an activating group) is 2. The second-order valence-electron chi connectivity index (χ2n) is 7.62. The number of hydrogen-bond donors (Lipinski definition) is 2. The van der Waals surface area contributed by atoms with Crippen LogP contribution in [0.3, 0.4) is 0 Å². The lowest BCUT2D eigenvalue weighted by molar-refractivity contribution is 0.0713. The van der Waals surface area contributed by atoms with Crippen LogP contribution in [0.25, 0.3) is 0 Å². The van der Waals surface area contributed by atoms with E-state index in [9.17, 15) is 9.90 Å². The Balaban J connectivity index is 1.84. The lowest BCUT2D eigenvalue weighted by atomic mass is 9.98. The van der Waals surface area contributed by atoms with E-state index in [-0.39, 0.29) is 5.91 Å². The summed E-state index contributed by atoms with van der Waals surface area (Å²) in [5.41, 5.74) is 1.17. The highest BCUT2D eigenvalue weighted by atomic mass is 16.3. The van der Waals surface area contributed by atoms with Gasteiger partial charge >= 0.3 is 0 Å². The molecule has 1 heterocycles. The van der Waals surface area contributed by atoms with E-state index in [1.54, 1.807) is 0 Å². The maximum atomic E-state index is 12.3. The van der Waals surface area contributed by atoms with Crippen LogP contribution in [0.2, 0.25) is 0 Å². The molecule has 1 aliphatic heterocycles. The van der Waals surface area contributed by atoms with Crippen molar-refractivity contribution in [3.8, 4) is 0 Å². The Bertz CT molecular complexity index is 537. The van der Waals surface area contributed by atoms with Crippen LogP contribution in [0.5, 0.6) is 0 Å². The summed E-state index contributed by atoms with van der Waals surface area (Å²) in [6.45, 7) is 7.38. The smallest absolute Gasteiger partial charge is 0.251 e. The van der Waals surface area contributed by atoms with E-state index in [0.717, 1.165) is 31.6 Å². The van der Waals surface area contributed by atoms with E-state index >= 15 is 0 Å². The van der Waals surface area contributed by atoms with Gasteiger partial charge in [0.25, 0.3) is 5.91 Å². The standard InChI is InChI=1S/C19H31N3O2/c1-19(2,24)10-9-15-5-7-16(8-6-15)18(23)20-13-17-14-21(3)11-12-22(17)4/h5-8,17,24H,9-14H2,1-4H3,(H,20,23)/t17-/m1/s1. The number of nitrogens with one attached hydrogen (secondary N) is 1. The van der Waals surface area contributed by atoms with Gasteiger partial charge in [-0.15, -0.1) is 0 Å². The first-order valence-corrected chi connectivity index (χ1v) is 8.73. The van der Waals surface area contributed by atoms with Crippen molar-refractivity contribution in [2.24, 2.45) is 0 Å². The molecule has 0 bridgehead atoms. The summed E-state index contributed by atoms with van der Waals surface area (Å²) in [5.74, 6) is -0.0225. The van der Waals surface area contributed by atoms with Crippen molar-refractivity contribution in [2.75, 3.05) is 40.3 Å². The summed E-state index contributed by atoms with van der Waals surface area (Å²) < 4.78 is 0. The fraction of sp³-hybridized carbons (Fsp3) is 0.632. The number of hydrogen-bond acceptors (Lipinski definition) is 4. The Morgan fingerprint density at radius 2 is 1.92 bits per heavy atom. The second-order valence-corrected chi connectivity index (χ2v) is 7.62. The molecule has 134 valence electrons. The van der Waals surface area contributed by atoms with Crippen molar-refractivity contribution in [3.05, 3.63) is 35.4 Å². The second kappa shape index (κ2) is 8.10. The number of piperazine rings is 1. The molecule has 1 amide bonds. The van der Waals surface area contributed by atoms with Crippen LogP contribution >= 0.6 is 0 Å². The highest BCUT2D eigenvalue weighted by Gasteiger charge is 2.22. The molecule has 2 rings (SSSR count). The average Bonchev–Trinajstić information content (AvgIpc) is 2.53. The third-order valence-electron chi connectivity index (χ3n) is 4.72. The Hall–Kier alpha value is -1.43. The number of carbonyl (C=O) groups is 1. The summed E-state index contributed by atoms with van der Waals surface area (Å²) >= 11 is 0. The highest BCUT2D eigenvalue weighted by Crippen LogP contribution is 2.14. The molecule has 24 heavy (non-hydrogen) atoms. The molecular formula is C19H31N3O2. The average molecular weight is 333 g/mol. The SMILES string of the molecule is CN1CCN(C)[C@H](CNC(=O)c2ccc(CCC(C)(C)O)cc2)C1. The van der Waals surface area contributed by atoms with E-state index < -0.39 is 5.60 Å². The molecule has 0 aromatic heterocycles. The number of rotatable bonds is 6. The maximum absolute atomic E-state index is 12.3. The Morgan fingerprint density at radius 3 is 2.54 bits per heavy atom. The van der Waals surface area contributed by atoms with Crippen LogP contribution in [0.4, 0.5) is 0 Å². The molecule has 0 saturated carbocycles. The predicted octanol–water partition coefficient (Wildman–Crippen LogP) is 1.37. The fourth-order valence-corrected chi connectivity index (χ4v) is 2.91. The van der Waals surface area contributed by atoms with Crippen molar-refractivity contribution in [1.29, 1.82) is 0 Å². The minimum Gasteiger partial charge on any atom is -0.390 e. The Labute approximate surface area is 145 Å². The van der Waals surface area contributed by atoms with E-state index in [1.807, 2.05) is 38.1 Å². The zero-order valence-corrected chi connectivity index (χ0v) is 15.4. The van der Waals surface area contributed by atoms with Gasteiger partial charge in [-0.3, -0.25) is 9.69 Å². The molecule has 1 atom stereocenters. The lowest BCUT2D eigenvalue weighted by Gasteiger charge is -2.37. The third kappa shape index (κ3) is 5.89. The normalized spacial score (nSPS) is 20.1. The first-order valence-electron chi connectivity index (χ1n) is 8.73. The molecule has 0 radical (unpaired) electrons. The molecule has 5 nitrogen and oxygen atoms in total. The number of aliphatic hydroxyl groups is 1. The van der Waals surface area contributed by atoms with Crippen molar-refractivity contribution < 1.29 is 9.90 Å². The van der Waals surface area contributed by atoms with Gasteiger partial charge in [0.15, 0.2) is 0 Å². The van der Waals surface area contributed by atoms with E-state index in [1.165, 1.54) is 0 Å². The van der Waals surface area contributed by atoms with E-state index in [0.29, 0.717) is 24.6 Å². The third-order valence-corrected chi connectivity index (χ3v) is 4.72. The molecule has 1 aromatic rings. The van der Waals surface area contributed by atoms with Crippen LogP contribution in [0.1, 0.15) is 36.2 Å². The van der Waals surface area contributed by atoms with Gasteiger partial charge in [0.2, 0.25) is 0 Å². The summed E-state index contributed by atoms with van der Waals surface area (Å²) in [6.07, 6.45) is 1.52. The van der Waals surface area contributed by atoms with E-state index in [2.05, 4.69) is 29.2 Å². The number of benzene rings is 1. The molecule has 1 aliphatic rings. The van der Waals surface area contributed by atoms with Gasteiger partial charge in [-0.25, -0.2) is 0 Å². The van der Waals surface area contributed by atoms with Gasteiger partial charge in [-0.1, -0.05) is 12.1 Å². The predicted molar refractivity (Wildman–Crippen MR) is 97.3 cm³/mol. The fourth-order valence-electron chi connectivity index (χ4n) is 2.91. The lowest BCUT2D eigenvalue weighted by Crippen LogP contribution is -2.54. The quantitative estimate of drug-likeness (QED) is 0.825. The molecule has 1 fully saturated rings. The number of aryl methyl sites for hydroxylation is 1. The first-order chi connectivity index (χ1) is 11.2. The monoisotopic (exact) mass is 333 g/mol. The summed E-state index contributed by atoms with van der Waals surface area (Å²) in [6, 6.07) is 8.04. The Kier molecular flexibility index (Phi) is 6.38. The van der Waals surface area contributed by atoms with Crippen LogP contribution in [0, 0.1) is 0 Å². The maximum Gasteiger partial charge on any atom is 0.251 e. The number of carbonyl (C=O) groups excluding carboxylic acids is 1. The van der Waals surface area contributed by atoms with Gasteiger partial charge < -0.3 is 15.3 Å². The minimum absolute atomic E-state index is 0.0225. The summed E-state index contributed by atoms with van der Waals surface area (Å²) in [5, 5.41) is 12.8. The number of nitrogens with zero attached hydrogens (tertiary/aromatic N) is 2. The molecule has 1 saturated heterocycles. The zero-order valence-electron chi connectivity index (χ0n) is 15.4. The largest absolute Gasteiger partial charge is 0.390 e.